The van der Waals surface area contributed by atoms with Gasteiger partial charge in [-0.05, 0) is 72.4 Å². The summed E-state index contributed by atoms with van der Waals surface area (Å²) in [6, 6.07) is 11.7. The van der Waals surface area contributed by atoms with E-state index in [0.717, 1.165) is 25.0 Å². The molecule has 2 atom stereocenters. The Hall–Kier alpha value is -3.45. The zero-order valence-electron chi connectivity index (χ0n) is 17.5. The summed E-state index contributed by atoms with van der Waals surface area (Å²) in [6.07, 6.45) is 3.55. The lowest BCUT2D eigenvalue weighted by Crippen LogP contribution is -2.19. The largest absolute Gasteiger partial charge is 0.489 e. The van der Waals surface area contributed by atoms with Crippen LogP contribution in [0.1, 0.15) is 19.3 Å². The summed E-state index contributed by atoms with van der Waals surface area (Å²) in [5, 5.41) is 0.569. The molecular weight excluding hydrogens is 432 g/mol. The molecule has 1 fully saturated rings. The predicted octanol–water partition coefficient (Wildman–Crippen LogP) is 6.38. The van der Waals surface area contributed by atoms with E-state index in [2.05, 4.69) is 4.98 Å². The number of fused-ring (bicyclic) bond motifs is 1. The number of benzene rings is 3. The zero-order valence-corrected chi connectivity index (χ0v) is 17.5. The normalized spacial score (nSPS) is 18.1. The molecule has 1 aliphatic carbocycles. The van der Waals surface area contributed by atoms with Gasteiger partial charge in [0.25, 0.3) is 0 Å². The molecule has 1 saturated carbocycles. The van der Waals surface area contributed by atoms with Crippen LogP contribution < -0.4 is 10.5 Å². The van der Waals surface area contributed by atoms with Crippen LogP contribution >= 0.6 is 0 Å². The maximum Gasteiger partial charge on any atom is 0.138 e. The first-order valence-corrected chi connectivity index (χ1v) is 10.6. The molecule has 0 saturated heterocycles. The van der Waals surface area contributed by atoms with Crippen LogP contribution in [-0.4, -0.2) is 17.1 Å². The van der Waals surface area contributed by atoms with Gasteiger partial charge in [0.05, 0.1) is 5.52 Å². The van der Waals surface area contributed by atoms with Gasteiger partial charge in [-0.25, -0.2) is 17.6 Å². The molecular formula is C26H20F4N2O. The van der Waals surface area contributed by atoms with Crippen molar-refractivity contribution in [3.63, 3.8) is 0 Å². The fourth-order valence-corrected chi connectivity index (χ4v) is 4.36. The summed E-state index contributed by atoms with van der Waals surface area (Å²) in [4.78, 5) is 4.44. The Morgan fingerprint density at radius 2 is 1.39 bits per heavy atom. The Balaban J connectivity index is 1.71. The third-order valence-corrected chi connectivity index (χ3v) is 5.90. The first-order valence-electron chi connectivity index (χ1n) is 10.6. The number of rotatable bonds is 4. The lowest BCUT2D eigenvalue weighted by atomic mass is 9.99. The van der Waals surface area contributed by atoms with Gasteiger partial charge in [-0.3, -0.25) is 4.98 Å². The van der Waals surface area contributed by atoms with Crippen LogP contribution in [0.2, 0.25) is 0 Å². The van der Waals surface area contributed by atoms with E-state index in [1.54, 1.807) is 18.2 Å². The van der Waals surface area contributed by atoms with Crippen molar-refractivity contribution in [1.82, 2.24) is 4.98 Å². The molecule has 0 amide bonds. The van der Waals surface area contributed by atoms with Gasteiger partial charge >= 0.3 is 0 Å². The molecule has 0 unspecified atom stereocenters. The number of pyridine rings is 1. The molecule has 4 aromatic rings. The average molecular weight is 452 g/mol. The van der Waals surface area contributed by atoms with Crippen molar-refractivity contribution in [3.05, 3.63) is 84.1 Å². The van der Waals surface area contributed by atoms with E-state index in [1.165, 1.54) is 30.5 Å². The number of ether oxygens (including phenoxy) is 1. The molecule has 168 valence electrons. The third kappa shape index (κ3) is 4.41. The van der Waals surface area contributed by atoms with Gasteiger partial charge in [0.15, 0.2) is 0 Å². The van der Waals surface area contributed by atoms with Gasteiger partial charge < -0.3 is 10.5 Å². The Morgan fingerprint density at radius 3 is 2.00 bits per heavy atom. The molecule has 1 heterocycles. The topological polar surface area (TPSA) is 48.1 Å². The Labute approximate surface area is 187 Å². The highest BCUT2D eigenvalue weighted by Gasteiger charge is 2.26. The maximum absolute atomic E-state index is 14.0. The highest BCUT2D eigenvalue weighted by Crippen LogP contribution is 2.40. The number of nitrogens with two attached hydrogens (primary N) is 1. The maximum atomic E-state index is 14.0. The molecule has 33 heavy (non-hydrogen) atoms. The van der Waals surface area contributed by atoms with Gasteiger partial charge in [0.1, 0.15) is 35.1 Å². The van der Waals surface area contributed by atoms with Gasteiger partial charge in [-0.1, -0.05) is 6.07 Å². The number of halogens is 4. The first-order chi connectivity index (χ1) is 15.9. The van der Waals surface area contributed by atoms with Crippen LogP contribution in [-0.2, 0) is 0 Å². The summed E-state index contributed by atoms with van der Waals surface area (Å²) >= 11 is 0. The Kier molecular flexibility index (Phi) is 5.50. The molecule has 1 aromatic heterocycles. The van der Waals surface area contributed by atoms with Gasteiger partial charge in [0, 0.05) is 35.3 Å². The van der Waals surface area contributed by atoms with Crippen molar-refractivity contribution in [1.29, 1.82) is 0 Å². The predicted molar refractivity (Wildman–Crippen MR) is 119 cm³/mol. The number of hydrogen-bond acceptors (Lipinski definition) is 3. The number of hydrogen-bond donors (Lipinski definition) is 1. The van der Waals surface area contributed by atoms with Crippen LogP contribution in [0.25, 0.3) is 33.2 Å². The van der Waals surface area contributed by atoms with E-state index in [9.17, 15) is 17.6 Å². The summed E-state index contributed by atoms with van der Waals surface area (Å²) in [7, 11) is 0. The second-order valence-electron chi connectivity index (χ2n) is 8.36. The summed E-state index contributed by atoms with van der Waals surface area (Å²) in [5.41, 5.74) is 8.23. The van der Waals surface area contributed by atoms with Crippen LogP contribution in [0, 0.1) is 23.3 Å². The molecule has 3 nitrogen and oxygen atoms in total. The smallest absolute Gasteiger partial charge is 0.138 e. The quantitative estimate of drug-likeness (QED) is 0.365. The Morgan fingerprint density at radius 1 is 0.758 bits per heavy atom. The minimum Gasteiger partial charge on any atom is -0.489 e. The van der Waals surface area contributed by atoms with Gasteiger partial charge in [0.2, 0.25) is 0 Å². The summed E-state index contributed by atoms with van der Waals surface area (Å²) in [5.74, 6) is -2.42. The molecule has 7 heteroatoms. The van der Waals surface area contributed by atoms with Crippen molar-refractivity contribution < 1.29 is 22.3 Å². The minimum absolute atomic E-state index is 0.0176. The van der Waals surface area contributed by atoms with Crippen LogP contribution in [0.15, 0.2) is 60.8 Å². The second kappa shape index (κ2) is 8.48. The molecule has 0 radical (unpaired) electrons. The lowest BCUT2D eigenvalue weighted by Gasteiger charge is -2.19. The molecule has 2 N–H and O–H groups in total. The van der Waals surface area contributed by atoms with E-state index >= 15 is 0 Å². The first kappa shape index (κ1) is 21.4. The van der Waals surface area contributed by atoms with Crippen molar-refractivity contribution in [2.45, 2.75) is 31.4 Å². The summed E-state index contributed by atoms with van der Waals surface area (Å²) < 4.78 is 62.0. The summed E-state index contributed by atoms with van der Waals surface area (Å²) in [6.45, 7) is 0. The number of aromatic nitrogens is 1. The van der Waals surface area contributed by atoms with Crippen LogP contribution in [0.4, 0.5) is 17.6 Å². The fraction of sp³-hybridized carbons (Fsp3) is 0.192. The fourth-order valence-electron chi connectivity index (χ4n) is 4.36. The monoisotopic (exact) mass is 452 g/mol. The van der Waals surface area contributed by atoms with Gasteiger partial charge in [-0.2, -0.15) is 0 Å². The van der Waals surface area contributed by atoms with E-state index in [-0.39, 0.29) is 17.7 Å². The molecule has 0 spiro atoms. The zero-order chi connectivity index (χ0) is 23.1. The molecule has 0 bridgehead atoms. The third-order valence-electron chi connectivity index (χ3n) is 5.90. The van der Waals surface area contributed by atoms with Crippen molar-refractivity contribution in [2.75, 3.05) is 0 Å². The standard InChI is InChI=1S/C26H20F4N2O/c27-17-5-15(6-18(28)10-17)14-1-4-25-23(9-14)26(33-22-3-2-21(31)12-22)24(13-32-25)16-7-19(29)11-20(30)8-16/h1,4-11,13,21-22H,2-3,12,31H2/t21-,22+/m1/s1. The minimum atomic E-state index is -0.720. The van der Waals surface area contributed by atoms with Crippen LogP contribution in [0.5, 0.6) is 5.75 Å². The average Bonchev–Trinajstić information content (AvgIpc) is 3.17. The molecule has 0 aliphatic heterocycles. The van der Waals surface area contributed by atoms with E-state index in [4.69, 9.17) is 10.5 Å². The van der Waals surface area contributed by atoms with Gasteiger partial charge in [-0.15, -0.1) is 0 Å². The highest BCUT2D eigenvalue weighted by atomic mass is 19.1. The van der Waals surface area contributed by atoms with Crippen molar-refractivity contribution in [3.8, 4) is 28.0 Å². The highest BCUT2D eigenvalue weighted by molar-refractivity contribution is 5.95. The second-order valence-corrected chi connectivity index (χ2v) is 8.36. The van der Waals surface area contributed by atoms with Crippen LogP contribution in [0.3, 0.4) is 0 Å². The lowest BCUT2D eigenvalue weighted by molar-refractivity contribution is 0.212. The van der Waals surface area contributed by atoms with Crippen molar-refractivity contribution >= 4 is 10.9 Å². The molecule has 3 aromatic carbocycles. The Bertz CT molecular complexity index is 1310. The SMILES string of the molecule is N[C@@H]1CC[C@H](Oc2c(-c3cc(F)cc(F)c3)cnc3ccc(-c4cc(F)cc(F)c4)cc23)C1. The number of nitrogens with zero attached hydrogens (tertiary/aromatic N) is 1. The molecule has 5 rings (SSSR count). The van der Waals surface area contributed by atoms with E-state index in [1.807, 2.05) is 0 Å². The van der Waals surface area contributed by atoms with Crippen molar-refractivity contribution in [2.24, 2.45) is 5.73 Å². The van der Waals surface area contributed by atoms with E-state index in [0.29, 0.717) is 39.8 Å². The van der Waals surface area contributed by atoms with E-state index < -0.39 is 23.3 Å². The molecule has 1 aliphatic rings.